The van der Waals surface area contributed by atoms with Gasteiger partial charge in [0.15, 0.2) is 5.78 Å². The maximum absolute atomic E-state index is 12.3. The summed E-state index contributed by atoms with van der Waals surface area (Å²) in [6.07, 6.45) is 0. The zero-order valence-corrected chi connectivity index (χ0v) is 12.8. The van der Waals surface area contributed by atoms with Crippen molar-refractivity contribution < 1.29 is 19.2 Å². The van der Waals surface area contributed by atoms with Gasteiger partial charge in [0, 0.05) is 5.41 Å². The smallest absolute Gasteiger partial charge is 0.297 e. The van der Waals surface area contributed by atoms with Crippen molar-refractivity contribution in [3.05, 3.63) is 35.9 Å². The molecule has 1 saturated heterocycles. The highest BCUT2D eigenvalue weighted by Crippen LogP contribution is 2.20. The molecule has 6 heteroatoms. The minimum atomic E-state index is -0.946. The lowest BCUT2D eigenvalue weighted by molar-refractivity contribution is -0.144. The summed E-state index contributed by atoms with van der Waals surface area (Å²) >= 11 is 0. The van der Waals surface area contributed by atoms with Crippen molar-refractivity contribution in [1.82, 2.24) is 9.80 Å². The van der Waals surface area contributed by atoms with Gasteiger partial charge < -0.3 is 0 Å². The van der Waals surface area contributed by atoms with Crippen molar-refractivity contribution in [2.75, 3.05) is 6.54 Å². The summed E-state index contributed by atoms with van der Waals surface area (Å²) in [6, 6.07) is 8.15. The second-order valence-corrected chi connectivity index (χ2v) is 6.22. The number of carbonyl (C=O) groups is 4. The molecule has 0 saturated carbocycles. The largest absolute Gasteiger partial charge is 0.334 e. The van der Waals surface area contributed by atoms with Crippen LogP contribution in [-0.2, 0) is 20.9 Å². The van der Waals surface area contributed by atoms with Gasteiger partial charge in [0.05, 0.1) is 13.1 Å². The van der Waals surface area contributed by atoms with E-state index in [1.54, 1.807) is 45.0 Å². The van der Waals surface area contributed by atoms with Gasteiger partial charge in [-0.3, -0.25) is 19.3 Å². The van der Waals surface area contributed by atoms with Crippen LogP contribution in [-0.4, -0.2) is 40.0 Å². The fraction of sp³-hybridized carbons (Fsp3) is 0.375. The maximum atomic E-state index is 12.3. The summed E-state index contributed by atoms with van der Waals surface area (Å²) in [5.41, 5.74) is 0.0530. The lowest BCUT2D eigenvalue weighted by Gasteiger charge is -2.20. The third-order valence-corrected chi connectivity index (χ3v) is 3.46. The summed E-state index contributed by atoms with van der Waals surface area (Å²) in [4.78, 5) is 49.8. The highest BCUT2D eigenvalue weighted by atomic mass is 16.2. The van der Waals surface area contributed by atoms with E-state index in [1.807, 2.05) is 6.07 Å². The molecular weight excluding hydrogens is 284 g/mol. The lowest BCUT2D eigenvalue weighted by Crippen LogP contribution is -2.40. The van der Waals surface area contributed by atoms with Crippen molar-refractivity contribution in [1.29, 1.82) is 0 Å². The Balaban J connectivity index is 2.16. The first-order valence-corrected chi connectivity index (χ1v) is 6.96. The van der Waals surface area contributed by atoms with Crippen LogP contribution in [0.5, 0.6) is 0 Å². The van der Waals surface area contributed by atoms with Crippen LogP contribution >= 0.6 is 0 Å². The van der Waals surface area contributed by atoms with Gasteiger partial charge in [-0.15, -0.1) is 0 Å². The fourth-order valence-corrected chi connectivity index (χ4v) is 1.98. The van der Waals surface area contributed by atoms with Crippen molar-refractivity contribution in [3.63, 3.8) is 0 Å². The molecule has 0 N–H and O–H groups in total. The number of rotatable bonds is 4. The molecule has 0 aromatic heterocycles. The first kappa shape index (κ1) is 15.9. The van der Waals surface area contributed by atoms with E-state index >= 15 is 0 Å². The van der Waals surface area contributed by atoms with Crippen molar-refractivity contribution in [3.8, 4) is 0 Å². The molecule has 4 amide bonds. The number of hydrogen-bond donors (Lipinski definition) is 0. The van der Waals surface area contributed by atoms with Crippen LogP contribution in [0.2, 0.25) is 0 Å². The normalized spacial score (nSPS) is 15.7. The number of Topliss-reactive ketones (excluding diaryl/α,β-unsaturated/α-hetero) is 1. The van der Waals surface area contributed by atoms with Crippen molar-refractivity contribution >= 4 is 23.6 Å². The molecule has 0 atom stereocenters. The van der Waals surface area contributed by atoms with Gasteiger partial charge in [-0.05, 0) is 5.56 Å². The number of hydrogen-bond acceptors (Lipinski definition) is 4. The highest BCUT2D eigenvalue weighted by molar-refractivity contribution is 6.45. The lowest BCUT2D eigenvalue weighted by atomic mass is 9.90. The molecular formula is C16H18N2O4. The molecule has 0 aliphatic carbocycles. The Kier molecular flexibility index (Phi) is 4.12. The molecule has 116 valence electrons. The van der Waals surface area contributed by atoms with E-state index in [4.69, 9.17) is 0 Å². The number of carbonyl (C=O) groups excluding carboxylic acids is 4. The number of amides is 4. The standard InChI is InChI=1S/C16H18N2O4/c1-16(2,3)12(19)10-18-14(21)13(20)17(15(18)22)9-11-7-5-4-6-8-11/h4-8H,9-10H2,1-3H3. The highest BCUT2D eigenvalue weighted by Gasteiger charge is 2.45. The van der Waals surface area contributed by atoms with Crippen LogP contribution in [0.3, 0.4) is 0 Å². The van der Waals surface area contributed by atoms with Gasteiger partial charge in [-0.25, -0.2) is 9.69 Å². The van der Waals surface area contributed by atoms with Crippen molar-refractivity contribution in [2.45, 2.75) is 27.3 Å². The second kappa shape index (κ2) is 5.71. The molecule has 1 heterocycles. The Bertz CT molecular complexity index is 631. The van der Waals surface area contributed by atoms with E-state index < -0.39 is 23.3 Å². The minimum absolute atomic E-state index is 0.0183. The van der Waals surface area contributed by atoms with Gasteiger partial charge >= 0.3 is 17.8 Å². The summed E-state index contributed by atoms with van der Waals surface area (Å²) in [7, 11) is 0. The van der Waals surface area contributed by atoms with E-state index in [0.717, 1.165) is 15.4 Å². The van der Waals surface area contributed by atoms with E-state index in [9.17, 15) is 19.2 Å². The molecule has 0 bridgehead atoms. The van der Waals surface area contributed by atoms with Crippen LogP contribution in [0.1, 0.15) is 26.3 Å². The van der Waals surface area contributed by atoms with E-state index in [0.29, 0.717) is 0 Å². The molecule has 1 aromatic carbocycles. The number of nitrogens with zero attached hydrogens (tertiary/aromatic N) is 2. The fourth-order valence-electron chi connectivity index (χ4n) is 1.98. The molecule has 2 rings (SSSR count). The first-order valence-electron chi connectivity index (χ1n) is 6.96. The molecule has 1 aliphatic rings. The molecule has 0 unspecified atom stereocenters. The third kappa shape index (κ3) is 3.05. The van der Waals surface area contributed by atoms with Crippen LogP contribution in [0.4, 0.5) is 4.79 Å². The van der Waals surface area contributed by atoms with E-state index in [2.05, 4.69) is 0 Å². The number of benzene rings is 1. The summed E-state index contributed by atoms with van der Waals surface area (Å²) in [6.45, 7) is 4.74. The van der Waals surface area contributed by atoms with E-state index in [-0.39, 0.29) is 18.9 Å². The first-order chi connectivity index (χ1) is 10.2. The Morgan fingerprint density at radius 3 is 2.05 bits per heavy atom. The van der Waals surface area contributed by atoms with Crippen LogP contribution in [0.25, 0.3) is 0 Å². The summed E-state index contributed by atoms with van der Waals surface area (Å²) in [5, 5.41) is 0. The molecule has 0 radical (unpaired) electrons. The zero-order chi connectivity index (χ0) is 16.5. The average molecular weight is 302 g/mol. The van der Waals surface area contributed by atoms with E-state index in [1.165, 1.54) is 0 Å². The summed E-state index contributed by atoms with van der Waals surface area (Å²) < 4.78 is 0. The van der Waals surface area contributed by atoms with Crippen molar-refractivity contribution in [2.24, 2.45) is 5.41 Å². The predicted octanol–water partition coefficient (Wildman–Crippen LogP) is 1.59. The SMILES string of the molecule is CC(C)(C)C(=O)CN1C(=O)C(=O)N(Cc2ccccc2)C1=O. The van der Waals surface area contributed by atoms with Crippen LogP contribution in [0.15, 0.2) is 30.3 Å². The topological polar surface area (TPSA) is 74.8 Å². The van der Waals surface area contributed by atoms with Crippen LogP contribution in [0, 0.1) is 5.41 Å². The predicted molar refractivity (Wildman–Crippen MR) is 78.6 cm³/mol. The Morgan fingerprint density at radius 2 is 1.50 bits per heavy atom. The Hall–Kier alpha value is -2.50. The molecule has 1 aromatic rings. The van der Waals surface area contributed by atoms with Gasteiger partial charge in [0.1, 0.15) is 0 Å². The second-order valence-electron chi connectivity index (χ2n) is 6.22. The van der Waals surface area contributed by atoms with Crippen LogP contribution < -0.4 is 0 Å². The third-order valence-electron chi connectivity index (χ3n) is 3.46. The molecule has 0 spiro atoms. The monoisotopic (exact) mass is 302 g/mol. The Labute approximate surface area is 128 Å². The number of urea groups is 1. The minimum Gasteiger partial charge on any atom is -0.297 e. The number of ketones is 1. The summed E-state index contributed by atoms with van der Waals surface area (Å²) in [5.74, 6) is -2.11. The molecule has 6 nitrogen and oxygen atoms in total. The number of imide groups is 2. The van der Waals surface area contributed by atoms with Gasteiger partial charge in [0.25, 0.3) is 0 Å². The average Bonchev–Trinajstić information content (AvgIpc) is 2.65. The van der Waals surface area contributed by atoms with Gasteiger partial charge in [0.2, 0.25) is 0 Å². The molecule has 1 fully saturated rings. The van der Waals surface area contributed by atoms with Gasteiger partial charge in [-0.2, -0.15) is 0 Å². The van der Waals surface area contributed by atoms with Gasteiger partial charge in [-0.1, -0.05) is 51.1 Å². The zero-order valence-electron chi connectivity index (χ0n) is 12.8. The molecule has 22 heavy (non-hydrogen) atoms. The quantitative estimate of drug-likeness (QED) is 0.625. The Morgan fingerprint density at radius 1 is 0.955 bits per heavy atom. The maximum Gasteiger partial charge on any atom is 0.334 e. The molecule has 1 aliphatic heterocycles.